The van der Waals surface area contributed by atoms with Crippen molar-refractivity contribution >= 4 is 16.8 Å². The highest BCUT2D eigenvalue weighted by molar-refractivity contribution is 6.05. The summed E-state index contributed by atoms with van der Waals surface area (Å²) in [5.41, 5.74) is 1.54. The van der Waals surface area contributed by atoms with Crippen LogP contribution in [0.1, 0.15) is 24.2 Å². The Hall–Kier alpha value is -1.81. The predicted molar refractivity (Wildman–Crippen MR) is 71.7 cm³/mol. The Bertz CT molecular complexity index is 533. The number of benzene rings is 1. The lowest BCUT2D eigenvalue weighted by molar-refractivity contribution is 0.0695. The Morgan fingerprint density at radius 3 is 3.06 bits per heavy atom. The summed E-state index contributed by atoms with van der Waals surface area (Å²) < 4.78 is 5.38. The second-order valence-electron chi connectivity index (χ2n) is 4.22. The number of aromatic amines is 1. The number of ether oxygens (including phenoxy) is 1. The lowest BCUT2D eigenvalue weighted by Crippen LogP contribution is -2.32. The summed E-state index contributed by atoms with van der Waals surface area (Å²) in [6, 6.07) is 7.64. The molecule has 1 unspecified atom stereocenters. The van der Waals surface area contributed by atoms with Crippen molar-refractivity contribution in [3.05, 3.63) is 36.0 Å². The van der Waals surface area contributed by atoms with E-state index in [2.05, 4.69) is 10.3 Å². The summed E-state index contributed by atoms with van der Waals surface area (Å²) in [5, 5.41) is 3.92. The molecule has 1 heterocycles. The van der Waals surface area contributed by atoms with E-state index in [-0.39, 0.29) is 12.0 Å². The molecule has 1 aromatic heterocycles. The summed E-state index contributed by atoms with van der Waals surface area (Å²) in [7, 11) is 0. The number of H-pyrrole nitrogens is 1. The van der Waals surface area contributed by atoms with Crippen LogP contribution in [0.25, 0.3) is 10.9 Å². The zero-order valence-electron chi connectivity index (χ0n) is 10.7. The van der Waals surface area contributed by atoms with E-state index in [9.17, 15) is 4.79 Å². The molecule has 0 aliphatic rings. The summed E-state index contributed by atoms with van der Waals surface area (Å²) in [6.45, 7) is 5.06. The van der Waals surface area contributed by atoms with Gasteiger partial charge in [-0.1, -0.05) is 12.1 Å². The monoisotopic (exact) mass is 246 g/mol. The lowest BCUT2D eigenvalue weighted by atomic mass is 10.1. The van der Waals surface area contributed by atoms with Gasteiger partial charge in [0, 0.05) is 24.7 Å². The largest absolute Gasteiger partial charge is 0.377 e. The third-order valence-corrected chi connectivity index (χ3v) is 2.83. The van der Waals surface area contributed by atoms with Gasteiger partial charge >= 0.3 is 0 Å². The molecular weight excluding hydrogens is 228 g/mol. The summed E-state index contributed by atoms with van der Waals surface area (Å²) >= 11 is 0. The van der Waals surface area contributed by atoms with Gasteiger partial charge in [0.25, 0.3) is 5.91 Å². The van der Waals surface area contributed by atoms with E-state index < -0.39 is 0 Å². The number of para-hydroxylation sites is 1. The normalized spacial score (nSPS) is 12.6. The highest BCUT2D eigenvalue weighted by Crippen LogP contribution is 2.16. The fourth-order valence-electron chi connectivity index (χ4n) is 1.95. The number of amides is 1. The molecule has 0 aliphatic heterocycles. The van der Waals surface area contributed by atoms with Gasteiger partial charge in [0.05, 0.1) is 17.2 Å². The smallest absolute Gasteiger partial charge is 0.253 e. The molecule has 0 saturated heterocycles. The molecule has 2 N–H and O–H groups in total. The molecule has 1 amide bonds. The van der Waals surface area contributed by atoms with Crippen LogP contribution < -0.4 is 5.32 Å². The molecular formula is C14H18N2O2. The third kappa shape index (κ3) is 2.71. The van der Waals surface area contributed by atoms with Gasteiger partial charge in [-0.3, -0.25) is 4.79 Å². The highest BCUT2D eigenvalue weighted by Gasteiger charge is 2.11. The van der Waals surface area contributed by atoms with E-state index in [1.54, 1.807) is 0 Å². The van der Waals surface area contributed by atoms with Crippen LogP contribution in [0.5, 0.6) is 0 Å². The number of hydrogen-bond acceptors (Lipinski definition) is 2. The SMILES string of the molecule is CCOC(C)CNC(=O)c1cccc2cc[nH]c12. The number of carbonyl (C=O) groups excluding carboxylic acids is 1. The number of aromatic nitrogens is 1. The van der Waals surface area contributed by atoms with Crippen molar-refractivity contribution in [1.82, 2.24) is 10.3 Å². The van der Waals surface area contributed by atoms with Crippen molar-refractivity contribution in [3.8, 4) is 0 Å². The second kappa shape index (κ2) is 5.69. The number of carbonyl (C=O) groups is 1. The Labute approximate surface area is 106 Å². The van der Waals surface area contributed by atoms with Crippen LogP contribution in [0.3, 0.4) is 0 Å². The number of fused-ring (bicyclic) bond motifs is 1. The van der Waals surface area contributed by atoms with Crippen molar-refractivity contribution in [3.63, 3.8) is 0 Å². The Kier molecular flexibility index (Phi) is 3.99. The van der Waals surface area contributed by atoms with Gasteiger partial charge < -0.3 is 15.0 Å². The van der Waals surface area contributed by atoms with Gasteiger partial charge in [-0.2, -0.15) is 0 Å². The summed E-state index contributed by atoms with van der Waals surface area (Å²) in [5.74, 6) is -0.0744. The Morgan fingerprint density at radius 1 is 1.44 bits per heavy atom. The number of hydrogen-bond donors (Lipinski definition) is 2. The van der Waals surface area contributed by atoms with Gasteiger partial charge in [-0.25, -0.2) is 0 Å². The third-order valence-electron chi connectivity index (χ3n) is 2.83. The zero-order chi connectivity index (χ0) is 13.0. The molecule has 0 bridgehead atoms. The minimum Gasteiger partial charge on any atom is -0.377 e. The fourth-order valence-corrected chi connectivity index (χ4v) is 1.95. The second-order valence-corrected chi connectivity index (χ2v) is 4.22. The number of nitrogens with one attached hydrogen (secondary N) is 2. The van der Waals surface area contributed by atoms with E-state index in [1.807, 2.05) is 44.3 Å². The van der Waals surface area contributed by atoms with E-state index in [0.717, 1.165) is 10.9 Å². The molecule has 0 saturated carbocycles. The van der Waals surface area contributed by atoms with Crippen LogP contribution in [0.4, 0.5) is 0 Å². The molecule has 2 rings (SSSR count). The average Bonchev–Trinajstić information content (AvgIpc) is 2.84. The molecule has 96 valence electrons. The van der Waals surface area contributed by atoms with Crippen molar-refractivity contribution in [2.45, 2.75) is 20.0 Å². The molecule has 4 heteroatoms. The molecule has 2 aromatic rings. The summed E-state index contributed by atoms with van der Waals surface area (Å²) in [6.07, 6.45) is 1.87. The van der Waals surface area contributed by atoms with Crippen LogP contribution in [0.15, 0.2) is 30.5 Å². The molecule has 18 heavy (non-hydrogen) atoms. The standard InChI is InChI=1S/C14H18N2O2/c1-3-18-10(2)9-16-14(17)12-6-4-5-11-7-8-15-13(11)12/h4-8,10,15H,3,9H2,1-2H3,(H,16,17). The van der Waals surface area contributed by atoms with Crippen LogP contribution in [-0.4, -0.2) is 30.1 Å². The van der Waals surface area contributed by atoms with Gasteiger partial charge in [-0.15, -0.1) is 0 Å². The topological polar surface area (TPSA) is 54.1 Å². The average molecular weight is 246 g/mol. The van der Waals surface area contributed by atoms with Crippen molar-refractivity contribution < 1.29 is 9.53 Å². The molecule has 1 aromatic carbocycles. The van der Waals surface area contributed by atoms with Gasteiger partial charge in [0.2, 0.25) is 0 Å². The van der Waals surface area contributed by atoms with Gasteiger partial charge in [-0.05, 0) is 26.0 Å². The first-order valence-electron chi connectivity index (χ1n) is 6.18. The van der Waals surface area contributed by atoms with E-state index in [4.69, 9.17) is 4.74 Å². The molecule has 0 radical (unpaired) electrons. The van der Waals surface area contributed by atoms with Gasteiger partial charge in [0.15, 0.2) is 0 Å². The van der Waals surface area contributed by atoms with Gasteiger partial charge in [0.1, 0.15) is 0 Å². The Morgan fingerprint density at radius 2 is 2.28 bits per heavy atom. The van der Waals surface area contributed by atoms with Crippen molar-refractivity contribution in [2.24, 2.45) is 0 Å². The summed E-state index contributed by atoms with van der Waals surface area (Å²) in [4.78, 5) is 15.2. The molecule has 4 nitrogen and oxygen atoms in total. The molecule has 0 aliphatic carbocycles. The van der Waals surface area contributed by atoms with E-state index in [1.165, 1.54) is 0 Å². The fraction of sp³-hybridized carbons (Fsp3) is 0.357. The minimum atomic E-state index is -0.0744. The highest BCUT2D eigenvalue weighted by atomic mass is 16.5. The molecule has 0 spiro atoms. The van der Waals surface area contributed by atoms with Crippen LogP contribution in [0.2, 0.25) is 0 Å². The first-order valence-corrected chi connectivity index (χ1v) is 6.18. The zero-order valence-corrected chi connectivity index (χ0v) is 10.7. The molecule has 0 fully saturated rings. The molecule has 1 atom stereocenters. The van der Waals surface area contributed by atoms with E-state index in [0.29, 0.717) is 18.7 Å². The van der Waals surface area contributed by atoms with Crippen molar-refractivity contribution in [1.29, 1.82) is 0 Å². The maximum atomic E-state index is 12.1. The first kappa shape index (κ1) is 12.6. The quantitative estimate of drug-likeness (QED) is 0.850. The van der Waals surface area contributed by atoms with Crippen LogP contribution in [-0.2, 0) is 4.74 Å². The lowest BCUT2D eigenvalue weighted by Gasteiger charge is -2.12. The van der Waals surface area contributed by atoms with Crippen LogP contribution in [0, 0.1) is 0 Å². The van der Waals surface area contributed by atoms with E-state index >= 15 is 0 Å². The maximum Gasteiger partial charge on any atom is 0.253 e. The van der Waals surface area contributed by atoms with Crippen LogP contribution >= 0.6 is 0 Å². The van der Waals surface area contributed by atoms with Crippen molar-refractivity contribution in [2.75, 3.05) is 13.2 Å². The number of rotatable bonds is 5. The predicted octanol–water partition coefficient (Wildman–Crippen LogP) is 2.32. The minimum absolute atomic E-state index is 0.0294. The Balaban J connectivity index is 2.07. The maximum absolute atomic E-state index is 12.1. The first-order chi connectivity index (χ1) is 8.72.